The maximum Gasteiger partial charge on any atom is 0.119 e. The molecule has 3 aromatic rings. The Kier molecular flexibility index (Phi) is 4.29. The van der Waals surface area contributed by atoms with Crippen molar-refractivity contribution < 1.29 is 4.74 Å². The molecule has 0 aliphatic rings. The molecule has 2 nitrogen and oxygen atoms in total. The second-order valence-corrected chi connectivity index (χ2v) is 5.35. The van der Waals surface area contributed by atoms with Crippen LogP contribution in [0.5, 0.6) is 5.75 Å². The maximum absolute atomic E-state index is 5.24. The lowest BCUT2D eigenvalue weighted by Gasteiger charge is -2.24. The van der Waals surface area contributed by atoms with E-state index in [1.165, 1.54) is 22.0 Å². The summed E-state index contributed by atoms with van der Waals surface area (Å²) in [6, 6.07) is 23.4. The van der Waals surface area contributed by atoms with E-state index in [2.05, 4.69) is 66.4 Å². The smallest absolute Gasteiger partial charge is 0.119 e. The second-order valence-electron chi connectivity index (χ2n) is 5.35. The van der Waals surface area contributed by atoms with Crippen LogP contribution in [-0.4, -0.2) is 13.7 Å². The predicted molar refractivity (Wildman–Crippen MR) is 93.7 cm³/mol. The molecule has 0 heterocycles. The van der Waals surface area contributed by atoms with Gasteiger partial charge >= 0.3 is 0 Å². The average molecular weight is 291 g/mol. The van der Waals surface area contributed by atoms with Gasteiger partial charge in [0, 0.05) is 18.8 Å². The molecule has 0 N–H and O–H groups in total. The summed E-state index contributed by atoms with van der Waals surface area (Å²) in [7, 11) is 1.70. The third-order valence-electron chi connectivity index (χ3n) is 4.06. The first-order valence-electron chi connectivity index (χ1n) is 7.67. The van der Waals surface area contributed by atoms with Gasteiger partial charge in [-0.3, -0.25) is 0 Å². The summed E-state index contributed by atoms with van der Waals surface area (Å²) in [6.07, 6.45) is 0. The molecular formula is C20H21NO. The number of benzene rings is 3. The zero-order chi connectivity index (χ0) is 15.4. The van der Waals surface area contributed by atoms with Gasteiger partial charge < -0.3 is 9.64 Å². The number of methoxy groups -OCH3 is 1. The van der Waals surface area contributed by atoms with Crippen LogP contribution < -0.4 is 9.64 Å². The Morgan fingerprint density at radius 2 is 1.59 bits per heavy atom. The van der Waals surface area contributed by atoms with Crippen LogP contribution in [0.3, 0.4) is 0 Å². The molecule has 0 unspecified atom stereocenters. The van der Waals surface area contributed by atoms with Crippen LogP contribution in [0, 0.1) is 0 Å². The number of ether oxygens (including phenoxy) is 1. The van der Waals surface area contributed by atoms with Crippen molar-refractivity contribution >= 4 is 16.5 Å². The molecule has 0 saturated heterocycles. The zero-order valence-corrected chi connectivity index (χ0v) is 13.1. The number of anilines is 1. The van der Waals surface area contributed by atoms with Crippen molar-refractivity contribution in [1.29, 1.82) is 0 Å². The van der Waals surface area contributed by atoms with Crippen molar-refractivity contribution in [2.75, 3.05) is 18.6 Å². The van der Waals surface area contributed by atoms with Gasteiger partial charge in [0.1, 0.15) is 5.75 Å². The van der Waals surface area contributed by atoms with Gasteiger partial charge in [-0.15, -0.1) is 0 Å². The first kappa shape index (κ1) is 14.5. The Morgan fingerprint density at radius 3 is 2.32 bits per heavy atom. The second kappa shape index (κ2) is 6.52. The van der Waals surface area contributed by atoms with Crippen LogP contribution in [0.15, 0.2) is 66.7 Å². The normalized spacial score (nSPS) is 10.6. The van der Waals surface area contributed by atoms with Crippen molar-refractivity contribution in [3.63, 3.8) is 0 Å². The molecule has 3 aromatic carbocycles. The summed E-state index contributed by atoms with van der Waals surface area (Å²) in [5, 5.41) is 2.63. The van der Waals surface area contributed by atoms with E-state index in [9.17, 15) is 0 Å². The highest BCUT2D eigenvalue weighted by Gasteiger charge is 2.08. The van der Waals surface area contributed by atoms with Crippen molar-refractivity contribution in [2.45, 2.75) is 13.5 Å². The van der Waals surface area contributed by atoms with Crippen molar-refractivity contribution in [2.24, 2.45) is 0 Å². The van der Waals surface area contributed by atoms with Crippen LogP contribution in [0.1, 0.15) is 12.5 Å². The Morgan fingerprint density at radius 1 is 0.864 bits per heavy atom. The number of nitrogens with zero attached hydrogens (tertiary/aromatic N) is 1. The minimum absolute atomic E-state index is 0.893. The number of rotatable bonds is 5. The van der Waals surface area contributed by atoms with Crippen molar-refractivity contribution in [3.05, 3.63) is 72.3 Å². The summed E-state index contributed by atoms with van der Waals surface area (Å²) in [5.74, 6) is 0.893. The lowest BCUT2D eigenvalue weighted by atomic mass is 10.0. The third-order valence-corrected chi connectivity index (χ3v) is 4.06. The molecule has 0 amide bonds. The summed E-state index contributed by atoms with van der Waals surface area (Å²) in [5.41, 5.74) is 2.58. The zero-order valence-electron chi connectivity index (χ0n) is 13.1. The Hall–Kier alpha value is -2.48. The van der Waals surface area contributed by atoms with Crippen LogP contribution in [0.2, 0.25) is 0 Å². The lowest BCUT2D eigenvalue weighted by molar-refractivity contribution is 0.415. The molecular weight excluding hydrogens is 270 g/mol. The van der Waals surface area contributed by atoms with E-state index in [4.69, 9.17) is 4.74 Å². The van der Waals surface area contributed by atoms with E-state index in [-0.39, 0.29) is 0 Å². The molecule has 112 valence electrons. The SMILES string of the molecule is CCN(Cc1cccc2ccccc12)c1ccc(OC)cc1. The lowest BCUT2D eigenvalue weighted by Crippen LogP contribution is -2.22. The quantitative estimate of drug-likeness (QED) is 0.664. The first-order chi connectivity index (χ1) is 10.8. The largest absolute Gasteiger partial charge is 0.497 e. The summed E-state index contributed by atoms with van der Waals surface area (Å²) in [4.78, 5) is 2.38. The van der Waals surface area contributed by atoms with E-state index in [1.54, 1.807) is 7.11 Å². The molecule has 0 aromatic heterocycles. The Labute approximate surface area is 132 Å². The fraction of sp³-hybridized carbons (Fsp3) is 0.200. The van der Waals surface area contributed by atoms with Crippen molar-refractivity contribution in [3.8, 4) is 5.75 Å². The number of fused-ring (bicyclic) bond motifs is 1. The molecule has 0 saturated carbocycles. The molecule has 2 heteroatoms. The predicted octanol–water partition coefficient (Wildman–Crippen LogP) is 4.87. The molecule has 0 aliphatic carbocycles. The molecule has 0 bridgehead atoms. The monoisotopic (exact) mass is 291 g/mol. The van der Waals surface area contributed by atoms with Crippen LogP contribution in [0.25, 0.3) is 10.8 Å². The van der Waals surface area contributed by atoms with Gasteiger partial charge in [0.25, 0.3) is 0 Å². The minimum Gasteiger partial charge on any atom is -0.497 e. The van der Waals surface area contributed by atoms with Gasteiger partial charge in [0.05, 0.1) is 7.11 Å². The third kappa shape index (κ3) is 2.91. The van der Waals surface area contributed by atoms with E-state index in [0.29, 0.717) is 0 Å². The van der Waals surface area contributed by atoms with Gasteiger partial charge in [-0.2, -0.15) is 0 Å². The molecule has 22 heavy (non-hydrogen) atoms. The van der Waals surface area contributed by atoms with Gasteiger partial charge in [0.2, 0.25) is 0 Å². The van der Waals surface area contributed by atoms with E-state index < -0.39 is 0 Å². The summed E-state index contributed by atoms with van der Waals surface area (Å²) in [6.45, 7) is 4.06. The molecule has 3 rings (SSSR count). The summed E-state index contributed by atoms with van der Waals surface area (Å²) < 4.78 is 5.24. The average Bonchev–Trinajstić information content (AvgIpc) is 2.60. The highest BCUT2D eigenvalue weighted by Crippen LogP contribution is 2.24. The van der Waals surface area contributed by atoms with Gasteiger partial charge in [0.15, 0.2) is 0 Å². The fourth-order valence-electron chi connectivity index (χ4n) is 2.81. The number of hydrogen-bond donors (Lipinski definition) is 0. The summed E-state index contributed by atoms with van der Waals surface area (Å²) >= 11 is 0. The van der Waals surface area contributed by atoms with Crippen molar-refractivity contribution in [1.82, 2.24) is 0 Å². The highest BCUT2D eigenvalue weighted by molar-refractivity contribution is 5.85. The maximum atomic E-state index is 5.24. The van der Waals surface area contributed by atoms with Crippen LogP contribution >= 0.6 is 0 Å². The molecule has 0 spiro atoms. The van der Waals surface area contributed by atoms with Crippen LogP contribution in [-0.2, 0) is 6.54 Å². The number of hydrogen-bond acceptors (Lipinski definition) is 2. The van der Waals surface area contributed by atoms with Gasteiger partial charge in [-0.1, -0.05) is 42.5 Å². The highest BCUT2D eigenvalue weighted by atomic mass is 16.5. The van der Waals surface area contributed by atoms with E-state index in [0.717, 1.165) is 18.8 Å². The van der Waals surface area contributed by atoms with Gasteiger partial charge in [-0.25, -0.2) is 0 Å². The minimum atomic E-state index is 0.893. The Bertz CT molecular complexity index is 744. The van der Waals surface area contributed by atoms with Gasteiger partial charge in [-0.05, 0) is 47.5 Å². The molecule has 0 radical (unpaired) electrons. The van der Waals surface area contributed by atoms with E-state index >= 15 is 0 Å². The van der Waals surface area contributed by atoms with E-state index in [1.807, 2.05) is 12.1 Å². The first-order valence-corrected chi connectivity index (χ1v) is 7.67. The molecule has 0 aliphatic heterocycles. The standard InChI is InChI=1S/C20H21NO/c1-3-21(18-11-13-19(22-2)14-12-18)15-17-9-6-8-16-7-4-5-10-20(16)17/h4-14H,3,15H2,1-2H3. The Balaban J connectivity index is 1.90. The molecule has 0 atom stereocenters. The van der Waals surface area contributed by atoms with Crippen LogP contribution in [0.4, 0.5) is 5.69 Å². The molecule has 0 fully saturated rings. The fourth-order valence-corrected chi connectivity index (χ4v) is 2.81. The topological polar surface area (TPSA) is 12.5 Å².